The Morgan fingerprint density at radius 1 is 1.03 bits per heavy atom. The summed E-state index contributed by atoms with van der Waals surface area (Å²) in [5, 5.41) is 1.41. The topological polar surface area (TPSA) is 96.0 Å². The van der Waals surface area contributed by atoms with Crippen LogP contribution >= 0.6 is 11.6 Å². The van der Waals surface area contributed by atoms with Gasteiger partial charge in [0.2, 0.25) is 5.91 Å². The van der Waals surface area contributed by atoms with Gasteiger partial charge in [-0.3, -0.25) is 24.6 Å². The molecule has 1 atom stereocenters. The molecule has 0 spiro atoms. The minimum absolute atomic E-state index is 0.248. The monoisotopic (exact) mass is 491 g/mol. The van der Waals surface area contributed by atoms with Gasteiger partial charge in [0.25, 0.3) is 17.7 Å². The number of halogens is 1. The third-order valence-electron chi connectivity index (χ3n) is 5.43. The van der Waals surface area contributed by atoms with Crippen LogP contribution in [0, 0.1) is 6.92 Å². The second-order valence-corrected chi connectivity index (χ2v) is 8.31. The first-order valence-electron chi connectivity index (χ1n) is 10.8. The molecule has 0 saturated carbocycles. The fourth-order valence-electron chi connectivity index (χ4n) is 3.68. The quantitative estimate of drug-likeness (QED) is 0.420. The lowest BCUT2D eigenvalue weighted by Gasteiger charge is -2.28. The summed E-state index contributed by atoms with van der Waals surface area (Å²) in [6, 6.07) is 20.4. The lowest BCUT2D eigenvalue weighted by molar-refractivity contribution is -0.130. The average Bonchev–Trinajstić information content (AvgIpc) is 3.17. The Labute approximate surface area is 207 Å². The molecule has 9 heteroatoms. The number of hydrogen-bond acceptors (Lipinski definition) is 5. The van der Waals surface area contributed by atoms with Crippen LogP contribution in [0.5, 0.6) is 5.75 Å². The molecule has 3 aromatic rings. The van der Waals surface area contributed by atoms with Crippen molar-refractivity contribution in [2.75, 3.05) is 11.5 Å². The van der Waals surface area contributed by atoms with E-state index in [-0.39, 0.29) is 12.0 Å². The molecule has 8 nitrogen and oxygen atoms in total. The molecule has 35 heavy (non-hydrogen) atoms. The number of nitrogens with zero attached hydrogens (tertiary/aromatic N) is 2. The minimum Gasteiger partial charge on any atom is -0.484 e. The Morgan fingerprint density at radius 2 is 1.69 bits per heavy atom. The number of benzene rings is 3. The van der Waals surface area contributed by atoms with E-state index < -0.39 is 36.3 Å². The number of ether oxygens (including phenoxy) is 1. The molecule has 1 saturated heterocycles. The maximum absolute atomic E-state index is 13.3. The zero-order valence-corrected chi connectivity index (χ0v) is 19.6. The predicted octanol–water partition coefficient (Wildman–Crippen LogP) is 3.53. The van der Waals surface area contributed by atoms with Crippen molar-refractivity contribution in [2.45, 2.75) is 19.4 Å². The van der Waals surface area contributed by atoms with E-state index in [0.717, 1.165) is 9.91 Å². The summed E-state index contributed by atoms with van der Waals surface area (Å²) in [6.07, 6.45) is -0.293. The van der Waals surface area contributed by atoms with Crippen molar-refractivity contribution in [3.05, 3.63) is 95.0 Å². The van der Waals surface area contributed by atoms with Crippen molar-refractivity contribution >= 4 is 40.9 Å². The van der Waals surface area contributed by atoms with Crippen molar-refractivity contribution in [1.82, 2.24) is 10.4 Å². The molecule has 0 aliphatic carbocycles. The molecule has 0 radical (unpaired) electrons. The Balaban J connectivity index is 1.58. The molecule has 0 bridgehead atoms. The third-order valence-corrected chi connectivity index (χ3v) is 5.86. The molecule has 178 valence electrons. The van der Waals surface area contributed by atoms with Crippen LogP contribution in [0.2, 0.25) is 5.02 Å². The average molecular weight is 492 g/mol. The van der Waals surface area contributed by atoms with E-state index in [1.807, 2.05) is 6.07 Å². The van der Waals surface area contributed by atoms with Crippen LogP contribution in [0.4, 0.5) is 5.69 Å². The van der Waals surface area contributed by atoms with Crippen LogP contribution in [0.1, 0.15) is 22.3 Å². The fourth-order valence-corrected chi connectivity index (χ4v) is 3.80. The molecule has 1 fully saturated rings. The first-order chi connectivity index (χ1) is 16.8. The number of rotatable bonds is 6. The van der Waals surface area contributed by atoms with Crippen LogP contribution in [0.25, 0.3) is 0 Å². The maximum Gasteiger partial charge on any atom is 0.276 e. The van der Waals surface area contributed by atoms with E-state index >= 15 is 0 Å². The summed E-state index contributed by atoms with van der Waals surface area (Å²) in [6.45, 7) is 1.37. The van der Waals surface area contributed by atoms with Crippen LogP contribution in [0.3, 0.4) is 0 Å². The first kappa shape index (κ1) is 24.0. The van der Waals surface area contributed by atoms with Gasteiger partial charge in [-0.05, 0) is 55.0 Å². The van der Waals surface area contributed by atoms with Gasteiger partial charge in [-0.15, -0.1) is 0 Å². The van der Waals surface area contributed by atoms with Crippen LogP contribution < -0.4 is 15.1 Å². The van der Waals surface area contributed by atoms with E-state index in [4.69, 9.17) is 16.3 Å². The SMILES string of the molecule is Cc1cc(N2C(=O)CC(N(NC(=O)COc3ccccc3)C(=O)c3ccccc3)C2=O)ccc1Cl. The lowest BCUT2D eigenvalue weighted by atomic mass is 10.1. The first-order valence-corrected chi connectivity index (χ1v) is 11.2. The van der Waals surface area contributed by atoms with Gasteiger partial charge in [-0.1, -0.05) is 48.0 Å². The van der Waals surface area contributed by atoms with Crippen LogP contribution in [0.15, 0.2) is 78.9 Å². The van der Waals surface area contributed by atoms with Crippen molar-refractivity contribution in [3.8, 4) is 5.75 Å². The predicted molar refractivity (Wildman–Crippen MR) is 130 cm³/mol. The number of para-hydroxylation sites is 1. The summed E-state index contributed by atoms with van der Waals surface area (Å²) in [4.78, 5) is 53.2. The molecular weight excluding hydrogens is 470 g/mol. The number of hydrogen-bond donors (Lipinski definition) is 1. The smallest absolute Gasteiger partial charge is 0.276 e. The third kappa shape index (κ3) is 5.33. The van der Waals surface area contributed by atoms with E-state index in [1.54, 1.807) is 79.7 Å². The molecular formula is C26H22ClN3O5. The number of carbonyl (C=O) groups is 4. The molecule has 0 aromatic heterocycles. The normalized spacial score (nSPS) is 15.1. The van der Waals surface area contributed by atoms with Gasteiger partial charge in [-0.2, -0.15) is 0 Å². The molecule has 1 aliphatic rings. The molecule has 4 amide bonds. The zero-order chi connectivity index (χ0) is 24.9. The highest BCUT2D eigenvalue weighted by atomic mass is 35.5. The molecule has 1 heterocycles. The summed E-state index contributed by atoms with van der Waals surface area (Å²) < 4.78 is 5.45. The van der Waals surface area contributed by atoms with Crippen molar-refractivity contribution < 1.29 is 23.9 Å². The summed E-state index contributed by atoms with van der Waals surface area (Å²) in [5.41, 5.74) is 3.75. The zero-order valence-electron chi connectivity index (χ0n) is 18.8. The highest BCUT2D eigenvalue weighted by Gasteiger charge is 2.45. The van der Waals surface area contributed by atoms with E-state index in [0.29, 0.717) is 22.0 Å². The molecule has 1 unspecified atom stereocenters. The Kier molecular flexibility index (Phi) is 7.12. The molecule has 1 aliphatic heterocycles. The van der Waals surface area contributed by atoms with Gasteiger partial charge in [0.15, 0.2) is 6.61 Å². The number of anilines is 1. The van der Waals surface area contributed by atoms with Crippen molar-refractivity contribution in [1.29, 1.82) is 0 Å². The van der Waals surface area contributed by atoms with E-state index in [2.05, 4.69) is 5.43 Å². The summed E-state index contributed by atoms with van der Waals surface area (Å²) in [7, 11) is 0. The second-order valence-electron chi connectivity index (χ2n) is 7.90. The van der Waals surface area contributed by atoms with Gasteiger partial charge < -0.3 is 4.74 Å². The maximum atomic E-state index is 13.3. The van der Waals surface area contributed by atoms with Gasteiger partial charge in [-0.25, -0.2) is 9.91 Å². The number of hydrazine groups is 1. The summed E-state index contributed by atoms with van der Waals surface area (Å²) >= 11 is 6.08. The Hall–Kier alpha value is -4.17. The minimum atomic E-state index is -1.23. The van der Waals surface area contributed by atoms with Gasteiger partial charge in [0.1, 0.15) is 11.8 Å². The fraction of sp³-hybridized carbons (Fsp3) is 0.154. The molecule has 4 rings (SSSR count). The molecule has 3 aromatic carbocycles. The van der Waals surface area contributed by atoms with E-state index in [9.17, 15) is 19.2 Å². The van der Waals surface area contributed by atoms with Gasteiger partial charge >= 0.3 is 0 Å². The van der Waals surface area contributed by atoms with Crippen molar-refractivity contribution in [3.63, 3.8) is 0 Å². The van der Waals surface area contributed by atoms with E-state index in [1.165, 1.54) is 0 Å². The second kappa shape index (κ2) is 10.4. The van der Waals surface area contributed by atoms with Gasteiger partial charge in [0, 0.05) is 10.6 Å². The number of aryl methyl sites for hydroxylation is 1. The van der Waals surface area contributed by atoms with Crippen LogP contribution in [-0.4, -0.2) is 41.3 Å². The number of imide groups is 1. The largest absolute Gasteiger partial charge is 0.484 e. The lowest BCUT2D eigenvalue weighted by Crippen LogP contribution is -2.55. The highest BCUT2D eigenvalue weighted by Crippen LogP contribution is 2.29. The van der Waals surface area contributed by atoms with Gasteiger partial charge in [0.05, 0.1) is 12.1 Å². The number of amides is 4. The number of carbonyl (C=O) groups excluding carboxylic acids is 4. The summed E-state index contributed by atoms with van der Waals surface area (Å²) in [5.74, 6) is -1.94. The van der Waals surface area contributed by atoms with Crippen LogP contribution in [-0.2, 0) is 14.4 Å². The molecule has 1 N–H and O–H groups in total. The Morgan fingerprint density at radius 3 is 2.34 bits per heavy atom. The Bertz CT molecular complexity index is 1270. The number of nitrogens with one attached hydrogen (secondary N) is 1. The highest BCUT2D eigenvalue weighted by molar-refractivity contribution is 6.31. The standard InChI is InChI=1S/C26H22ClN3O5/c1-17-14-19(12-13-21(17)27)29-24(32)15-22(26(29)34)30(25(33)18-8-4-2-5-9-18)28-23(31)16-35-20-10-6-3-7-11-20/h2-14,22H,15-16H2,1H3,(H,28,31). The van der Waals surface area contributed by atoms with Crippen molar-refractivity contribution in [2.24, 2.45) is 0 Å².